The number of benzene rings is 1. The van der Waals surface area contributed by atoms with Crippen LogP contribution in [-0.2, 0) is 0 Å². The van der Waals surface area contributed by atoms with Crippen LogP contribution in [0.3, 0.4) is 0 Å². The van der Waals surface area contributed by atoms with Gasteiger partial charge >= 0.3 is 0 Å². The van der Waals surface area contributed by atoms with Gasteiger partial charge in [-0.2, -0.15) is 0 Å². The van der Waals surface area contributed by atoms with Gasteiger partial charge in [0.1, 0.15) is 5.82 Å². The highest BCUT2D eigenvalue weighted by atomic mass is 35.5. The molecule has 0 radical (unpaired) electrons. The minimum absolute atomic E-state index is 0. The summed E-state index contributed by atoms with van der Waals surface area (Å²) in [6.07, 6.45) is 2.09. The van der Waals surface area contributed by atoms with Crippen LogP contribution < -0.4 is 5.32 Å². The Morgan fingerprint density at radius 3 is 2.89 bits per heavy atom. The fraction of sp³-hybridized carbons (Fsp3) is 0.500. The van der Waals surface area contributed by atoms with Gasteiger partial charge in [-0.15, -0.1) is 12.4 Å². The van der Waals surface area contributed by atoms with Gasteiger partial charge in [0, 0.05) is 19.1 Å². The Morgan fingerprint density at radius 2 is 2.11 bits per heavy atom. The molecule has 0 bridgehead atoms. The van der Waals surface area contributed by atoms with E-state index in [0.717, 1.165) is 32.5 Å². The SMILES string of the molecule is Cl.O=C(c1ccccc1F)N1CCC2NCCC2C1. The van der Waals surface area contributed by atoms with Gasteiger partial charge in [0.15, 0.2) is 0 Å². The standard InChI is InChI=1S/C14H17FN2O.ClH/c15-12-4-2-1-3-11(12)14(18)17-8-6-13-10(9-17)5-7-16-13;/h1-4,10,13,16H,5-9H2;1H. The van der Waals surface area contributed by atoms with Crippen LogP contribution in [0.5, 0.6) is 0 Å². The van der Waals surface area contributed by atoms with Gasteiger partial charge in [-0.3, -0.25) is 4.79 Å². The van der Waals surface area contributed by atoms with Crippen molar-refractivity contribution in [2.75, 3.05) is 19.6 Å². The molecule has 5 heteroatoms. The lowest BCUT2D eigenvalue weighted by Gasteiger charge is -2.34. The van der Waals surface area contributed by atoms with E-state index in [4.69, 9.17) is 0 Å². The Hall–Kier alpha value is -1.13. The van der Waals surface area contributed by atoms with E-state index in [1.807, 2.05) is 0 Å². The maximum atomic E-state index is 13.6. The van der Waals surface area contributed by atoms with Gasteiger partial charge in [0.2, 0.25) is 0 Å². The lowest BCUT2D eigenvalue weighted by Crippen LogP contribution is -2.47. The molecule has 2 aliphatic rings. The molecular formula is C14H18ClFN2O. The van der Waals surface area contributed by atoms with E-state index in [1.54, 1.807) is 23.1 Å². The summed E-state index contributed by atoms with van der Waals surface area (Å²) in [5, 5.41) is 3.46. The Morgan fingerprint density at radius 1 is 1.32 bits per heavy atom. The number of piperidine rings is 1. The van der Waals surface area contributed by atoms with E-state index in [2.05, 4.69) is 5.32 Å². The van der Waals surface area contributed by atoms with E-state index in [-0.39, 0.29) is 23.9 Å². The molecule has 0 saturated carbocycles. The Balaban J connectivity index is 0.00000133. The van der Waals surface area contributed by atoms with Crippen LogP contribution >= 0.6 is 12.4 Å². The topological polar surface area (TPSA) is 32.3 Å². The van der Waals surface area contributed by atoms with Crippen molar-refractivity contribution in [3.05, 3.63) is 35.6 Å². The van der Waals surface area contributed by atoms with Crippen molar-refractivity contribution in [1.82, 2.24) is 10.2 Å². The zero-order valence-corrected chi connectivity index (χ0v) is 11.5. The number of halogens is 2. The highest BCUT2D eigenvalue weighted by Gasteiger charge is 2.34. The molecule has 2 saturated heterocycles. The molecule has 1 aromatic rings. The predicted octanol–water partition coefficient (Wildman–Crippen LogP) is 2.07. The van der Waals surface area contributed by atoms with Crippen molar-refractivity contribution in [3.8, 4) is 0 Å². The molecule has 2 unspecified atom stereocenters. The maximum Gasteiger partial charge on any atom is 0.256 e. The molecule has 104 valence electrons. The highest BCUT2D eigenvalue weighted by molar-refractivity contribution is 5.94. The van der Waals surface area contributed by atoms with Crippen LogP contribution in [0.15, 0.2) is 24.3 Å². The summed E-state index contributed by atoms with van der Waals surface area (Å²) in [7, 11) is 0. The van der Waals surface area contributed by atoms with E-state index >= 15 is 0 Å². The van der Waals surface area contributed by atoms with Crippen molar-refractivity contribution in [2.24, 2.45) is 5.92 Å². The molecule has 2 fully saturated rings. The third kappa shape index (κ3) is 2.74. The van der Waals surface area contributed by atoms with Crippen molar-refractivity contribution in [2.45, 2.75) is 18.9 Å². The number of hydrogen-bond donors (Lipinski definition) is 1. The summed E-state index contributed by atoms with van der Waals surface area (Å²) in [4.78, 5) is 14.1. The normalized spacial score (nSPS) is 25.6. The summed E-state index contributed by atoms with van der Waals surface area (Å²) in [6, 6.07) is 6.78. The van der Waals surface area contributed by atoms with Crippen molar-refractivity contribution < 1.29 is 9.18 Å². The van der Waals surface area contributed by atoms with Crippen LogP contribution in [0.2, 0.25) is 0 Å². The van der Waals surface area contributed by atoms with Gasteiger partial charge in [-0.05, 0) is 37.4 Å². The van der Waals surface area contributed by atoms with E-state index in [0.29, 0.717) is 12.0 Å². The number of amides is 1. The van der Waals surface area contributed by atoms with Crippen LogP contribution in [-0.4, -0.2) is 36.5 Å². The van der Waals surface area contributed by atoms with Crippen LogP contribution in [0, 0.1) is 11.7 Å². The molecule has 1 aromatic carbocycles. The average Bonchev–Trinajstić information content (AvgIpc) is 2.85. The van der Waals surface area contributed by atoms with E-state index < -0.39 is 5.82 Å². The Bertz CT molecular complexity index is 469. The van der Waals surface area contributed by atoms with Gasteiger partial charge in [0.05, 0.1) is 5.56 Å². The molecule has 2 aliphatic heterocycles. The summed E-state index contributed by atoms with van der Waals surface area (Å²) in [6.45, 7) is 2.52. The molecule has 1 amide bonds. The molecule has 0 aromatic heterocycles. The number of nitrogens with one attached hydrogen (secondary N) is 1. The first kappa shape index (κ1) is 14.3. The summed E-state index contributed by atoms with van der Waals surface area (Å²) in [5.41, 5.74) is 0.196. The number of fused-ring (bicyclic) bond motifs is 1. The number of carbonyl (C=O) groups excluding carboxylic acids is 1. The van der Waals surface area contributed by atoms with Crippen LogP contribution in [0.4, 0.5) is 4.39 Å². The lowest BCUT2D eigenvalue weighted by molar-refractivity contribution is 0.0657. The van der Waals surface area contributed by atoms with Crippen molar-refractivity contribution in [1.29, 1.82) is 0 Å². The smallest absolute Gasteiger partial charge is 0.256 e. The lowest BCUT2D eigenvalue weighted by atomic mass is 9.93. The second-order valence-electron chi connectivity index (χ2n) is 5.13. The fourth-order valence-corrected chi connectivity index (χ4v) is 3.04. The van der Waals surface area contributed by atoms with Gasteiger partial charge in [0.25, 0.3) is 5.91 Å². The first-order valence-corrected chi connectivity index (χ1v) is 6.53. The molecule has 3 nitrogen and oxygen atoms in total. The van der Waals surface area contributed by atoms with E-state index in [9.17, 15) is 9.18 Å². The molecule has 2 heterocycles. The summed E-state index contributed by atoms with van der Waals surface area (Å²) >= 11 is 0. The number of hydrogen-bond acceptors (Lipinski definition) is 2. The minimum Gasteiger partial charge on any atom is -0.338 e. The summed E-state index contributed by atoms with van der Waals surface area (Å²) < 4.78 is 13.6. The van der Waals surface area contributed by atoms with Crippen molar-refractivity contribution in [3.63, 3.8) is 0 Å². The third-order valence-electron chi connectivity index (χ3n) is 4.05. The largest absolute Gasteiger partial charge is 0.338 e. The number of rotatable bonds is 1. The zero-order chi connectivity index (χ0) is 12.5. The number of likely N-dealkylation sites (tertiary alicyclic amines) is 1. The molecule has 19 heavy (non-hydrogen) atoms. The molecule has 1 N–H and O–H groups in total. The van der Waals surface area contributed by atoms with E-state index in [1.165, 1.54) is 6.07 Å². The minimum atomic E-state index is -0.422. The second kappa shape index (κ2) is 5.88. The first-order chi connectivity index (χ1) is 8.75. The molecular weight excluding hydrogens is 267 g/mol. The van der Waals surface area contributed by atoms with Gasteiger partial charge in [-0.25, -0.2) is 4.39 Å². The van der Waals surface area contributed by atoms with Crippen LogP contribution in [0.25, 0.3) is 0 Å². The third-order valence-corrected chi connectivity index (χ3v) is 4.05. The zero-order valence-electron chi connectivity index (χ0n) is 10.6. The molecule has 0 spiro atoms. The summed E-state index contributed by atoms with van der Waals surface area (Å²) in [5.74, 6) is -0.0536. The Labute approximate surface area is 118 Å². The van der Waals surface area contributed by atoms with Crippen molar-refractivity contribution >= 4 is 18.3 Å². The highest BCUT2D eigenvalue weighted by Crippen LogP contribution is 2.25. The monoisotopic (exact) mass is 284 g/mol. The maximum absolute atomic E-state index is 13.6. The molecule has 3 rings (SSSR count). The average molecular weight is 285 g/mol. The number of nitrogens with zero attached hydrogens (tertiary/aromatic N) is 1. The molecule has 0 aliphatic carbocycles. The fourth-order valence-electron chi connectivity index (χ4n) is 3.04. The predicted molar refractivity (Wildman–Crippen MR) is 74.1 cm³/mol. The molecule has 2 atom stereocenters. The quantitative estimate of drug-likeness (QED) is 0.856. The van der Waals surface area contributed by atoms with Gasteiger partial charge < -0.3 is 10.2 Å². The first-order valence-electron chi connectivity index (χ1n) is 6.53. The van der Waals surface area contributed by atoms with Gasteiger partial charge in [-0.1, -0.05) is 12.1 Å². The Kier molecular flexibility index (Phi) is 4.42. The number of carbonyl (C=O) groups is 1. The van der Waals surface area contributed by atoms with Crippen LogP contribution in [0.1, 0.15) is 23.2 Å². The second-order valence-corrected chi connectivity index (χ2v) is 5.13.